The maximum atomic E-state index is 13.1. The molecule has 10 nitrogen and oxygen atoms in total. The quantitative estimate of drug-likeness (QED) is 0.265. The normalized spacial score (nSPS) is 41.5. The molecule has 0 saturated carbocycles. The minimum Gasteiger partial charge on any atom is -0.454 e. The number of ether oxygens (including phenoxy) is 8. The van der Waals surface area contributed by atoms with E-state index < -0.39 is 55.2 Å². The van der Waals surface area contributed by atoms with E-state index in [1.165, 1.54) is 14.0 Å². The molecule has 0 N–H and O–H groups in total. The smallest absolute Gasteiger partial charge is 0.338 e. The molecule has 0 spiro atoms. The predicted molar refractivity (Wildman–Crippen MR) is 171 cm³/mol. The van der Waals surface area contributed by atoms with Gasteiger partial charge in [0.25, 0.3) is 0 Å². The summed E-state index contributed by atoms with van der Waals surface area (Å²) in [5.41, 5.74) is 0.468. The summed E-state index contributed by atoms with van der Waals surface area (Å²) in [6.07, 6.45) is -3.07. The third kappa shape index (κ3) is 8.13. The highest BCUT2D eigenvalue weighted by Crippen LogP contribution is 2.41. The van der Waals surface area contributed by atoms with Crippen LogP contribution in [0.5, 0.6) is 0 Å². The van der Waals surface area contributed by atoms with Crippen LogP contribution in [0, 0.1) is 35.5 Å². The molecule has 46 heavy (non-hydrogen) atoms. The molecule has 10 heteroatoms. The minimum absolute atomic E-state index is 0.0157. The molecule has 0 amide bonds. The molecule has 3 saturated heterocycles. The lowest BCUT2D eigenvalue weighted by Gasteiger charge is -2.49. The van der Waals surface area contributed by atoms with E-state index in [2.05, 4.69) is 48.5 Å². The second-order valence-corrected chi connectivity index (χ2v) is 13.6. The molecule has 0 bridgehead atoms. The fourth-order valence-electron chi connectivity index (χ4n) is 7.18. The Kier molecular flexibility index (Phi) is 13.1. The molecule has 3 fully saturated rings. The first-order valence-corrected chi connectivity index (χ1v) is 17.1. The average Bonchev–Trinajstić information content (AvgIpc) is 3.05. The zero-order valence-corrected chi connectivity index (χ0v) is 29.3. The van der Waals surface area contributed by atoms with Crippen molar-refractivity contribution >= 4 is 11.9 Å². The van der Waals surface area contributed by atoms with Gasteiger partial charge in [0.1, 0.15) is 6.10 Å². The van der Waals surface area contributed by atoms with E-state index in [4.69, 9.17) is 37.9 Å². The van der Waals surface area contributed by atoms with E-state index in [0.717, 1.165) is 12.8 Å². The molecule has 3 aliphatic heterocycles. The standard InChI is InChI=1S/C36H56O10/c1-11-27-20(4)19(3)23(7)34(42-27)46-30-24(8)29(44-35(39-10)32(30)41-25(9)37)18-40-36-31(22(6)21(5)28(12-2)43-36)45-33(38)26-16-14-13-15-17-26/h13-17,19-24,27-32,34-36H,11-12,18H2,1-10H3. The summed E-state index contributed by atoms with van der Waals surface area (Å²) in [7, 11) is 1.51. The van der Waals surface area contributed by atoms with Crippen LogP contribution in [-0.2, 0) is 42.7 Å². The van der Waals surface area contributed by atoms with E-state index in [0.29, 0.717) is 17.4 Å². The lowest BCUT2D eigenvalue weighted by molar-refractivity contribution is -0.342. The van der Waals surface area contributed by atoms with E-state index in [1.807, 2.05) is 13.0 Å². The van der Waals surface area contributed by atoms with Crippen LogP contribution in [-0.4, -0.2) is 81.1 Å². The lowest BCUT2D eigenvalue weighted by atomic mass is 9.78. The molecule has 260 valence electrons. The summed E-state index contributed by atoms with van der Waals surface area (Å²) in [4.78, 5) is 25.4. The third-order valence-corrected chi connectivity index (χ3v) is 10.8. The molecule has 1 aromatic rings. The van der Waals surface area contributed by atoms with Crippen molar-refractivity contribution in [2.45, 2.75) is 131 Å². The van der Waals surface area contributed by atoms with Crippen LogP contribution in [0.25, 0.3) is 0 Å². The van der Waals surface area contributed by atoms with Gasteiger partial charge in [0.15, 0.2) is 31.1 Å². The van der Waals surface area contributed by atoms with Gasteiger partial charge in [-0.3, -0.25) is 4.79 Å². The molecule has 0 radical (unpaired) electrons. The van der Waals surface area contributed by atoms with Crippen LogP contribution in [0.4, 0.5) is 0 Å². The largest absolute Gasteiger partial charge is 0.454 e. The summed E-state index contributed by atoms with van der Waals surface area (Å²) in [5.74, 6) is -0.147. The number of hydrogen-bond donors (Lipinski definition) is 0. The Morgan fingerprint density at radius 1 is 0.652 bits per heavy atom. The monoisotopic (exact) mass is 648 g/mol. The summed E-state index contributed by atoms with van der Waals surface area (Å²) in [5, 5.41) is 0. The highest BCUT2D eigenvalue weighted by molar-refractivity contribution is 5.89. The number of methoxy groups -OCH3 is 1. The summed E-state index contributed by atoms with van der Waals surface area (Å²) < 4.78 is 50.0. The van der Waals surface area contributed by atoms with Gasteiger partial charge in [-0.2, -0.15) is 0 Å². The van der Waals surface area contributed by atoms with Gasteiger partial charge in [-0.15, -0.1) is 0 Å². The number of benzene rings is 1. The van der Waals surface area contributed by atoms with Crippen LogP contribution >= 0.6 is 0 Å². The maximum Gasteiger partial charge on any atom is 0.338 e. The van der Waals surface area contributed by atoms with E-state index in [-0.39, 0.29) is 42.5 Å². The number of rotatable bonds is 11. The predicted octanol–water partition coefficient (Wildman–Crippen LogP) is 6.00. The molecule has 15 atom stereocenters. The first kappa shape index (κ1) is 36.8. The summed E-state index contributed by atoms with van der Waals surface area (Å²) in [6, 6.07) is 8.93. The Hall–Kier alpha value is -2.08. The molecular weight excluding hydrogens is 592 g/mol. The van der Waals surface area contributed by atoms with Crippen molar-refractivity contribution in [2.75, 3.05) is 13.7 Å². The van der Waals surface area contributed by atoms with Crippen molar-refractivity contribution < 1.29 is 47.5 Å². The van der Waals surface area contributed by atoms with Crippen molar-refractivity contribution in [3.8, 4) is 0 Å². The summed E-state index contributed by atoms with van der Waals surface area (Å²) >= 11 is 0. The SMILES string of the molecule is CCC1OC(OC2C(C)C(COC3OC(CC)C(C)C(C)C3OC(=O)c3ccccc3)OC(OC)C2OC(C)=O)C(C)C(C)C1C. The Balaban J connectivity index is 1.54. The van der Waals surface area contributed by atoms with Gasteiger partial charge in [0, 0.05) is 31.8 Å². The highest BCUT2D eigenvalue weighted by atomic mass is 16.7. The fraction of sp³-hybridized carbons (Fsp3) is 0.778. The van der Waals surface area contributed by atoms with Crippen LogP contribution < -0.4 is 0 Å². The number of esters is 2. The van der Waals surface area contributed by atoms with Crippen LogP contribution in [0.2, 0.25) is 0 Å². The first-order valence-electron chi connectivity index (χ1n) is 17.1. The molecule has 0 aliphatic carbocycles. The highest BCUT2D eigenvalue weighted by Gasteiger charge is 2.51. The van der Waals surface area contributed by atoms with Gasteiger partial charge in [-0.25, -0.2) is 4.79 Å². The first-order chi connectivity index (χ1) is 21.9. The van der Waals surface area contributed by atoms with Crippen molar-refractivity contribution in [3.63, 3.8) is 0 Å². The topological polar surface area (TPSA) is 108 Å². The minimum atomic E-state index is -0.891. The second-order valence-electron chi connectivity index (χ2n) is 13.6. The Bertz CT molecular complexity index is 1110. The Morgan fingerprint density at radius 3 is 1.83 bits per heavy atom. The number of carbonyl (C=O) groups is 2. The van der Waals surface area contributed by atoms with Gasteiger partial charge in [0.2, 0.25) is 0 Å². The van der Waals surface area contributed by atoms with Crippen molar-refractivity contribution in [1.29, 1.82) is 0 Å². The van der Waals surface area contributed by atoms with Gasteiger partial charge < -0.3 is 37.9 Å². The van der Waals surface area contributed by atoms with Crippen LogP contribution in [0.3, 0.4) is 0 Å². The van der Waals surface area contributed by atoms with Gasteiger partial charge in [-0.1, -0.05) is 73.6 Å². The lowest BCUT2D eigenvalue weighted by Crippen LogP contribution is -2.60. The summed E-state index contributed by atoms with van der Waals surface area (Å²) in [6.45, 7) is 18.4. The number of carbonyl (C=O) groups excluding carboxylic acids is 2. The van der Waals surface area contributed by atoms with Crippen molar-refractivity contribution in [1.82, 2.24) is 0 Å². The van der Waals surface area contributed by atoms with Crippen LogP contribution in [0.1, 0.15) is 85.5 Å². The van der Waals surface area contributed by atoms with E-state index in [9.17, 15) is 9.59 Å². The van der Waals surface area contributed by atoms with E-state index in [1.54, 1.807) is 24.3 Å². The number of hydrogen-bond acceptors (Lipinski definition) is 10. The van der Waals surface area contributed by atoms with Crippen LogP contribution in [0.15, 0.2) is 30.3 Å². The molecule has 15 unspecified atom stereocenters. The maximum absolute atomic E-state index is 13.1. The van der Waals surface area contributed by atoms with Gasteiger partial charge in [0.05, 0.1) is 30.5 Å². The Morgan fingerprint density at radius 2 is 1.24 bits per heavy atom. The van der Waals surface area contributed by atoms with Gasteiger partial charge >= 0.3 is 11.9 Å². The zero-order chi connectivity index (χ0) is 33.7. The average molecular weight is 649 g/mol. The van der Waals surface area contributed by atoms with Crippen molar-refractivity contribution in [2.24, 2.45) is 35.5 Å². The molecule has 1 aromatic carbocycles. The third-order valence-electron chi connectivity index (χ3n) is 10.8. The second kappa shape index (κ2) is 16.3. The van der Waals surface area contributed by atoms with Crippen molar-refractivity contribution in [3.05, 3.63) is 35.9 Å². The molecular formula is C36H56O10. The molecule has 4 rings (SSSR count). The zero-order valence-electron chi connectivity index (χ0n) is 29.3. The Labute approximate surface area is 275 Å². The van der Waals surface area contributed by atoms with Gasteiger partial charge in [-0.05, 0) is 42.7 Å². The molecule has 0 aromatic heterocycles. The molecule has 3 heterocycles. The van der Waals surface area contributed by atoms with E-state index >= 15 is 0 Å². The molecule has 3 aliphatic rings. The fourth-order valence-corrected chi connectivity index (χ4v) is 7.18.